The van der Waals surface area contributed by atoms with Gasteiger partial charge in [0.25, 0.3) is 0 Å². The van der Waals surface area contributed by atoms with Crippen molar-refractivity contribution in [1.82, 2.24) is 4.98 Å². The Morgan fingerprint density at radius 3 is 2.83 bits per heavy atom. The highest BCUT2D eigenvalue weighted by Crippen LogP contribution is 2.28. The highest BCUT2D eigenvalue weighted by molar-refractivity contribution is 8.01. The van der Waals surface area contributed by atoms with Gasteiger partial charge in [-0.2, -0.15) is 8.78 Å². The molecule has 0 atom stereocenters. The van der Waals surface area contributed by atoms with Gasteiger partial charge in [-0.3, -0.25) is 0 Å². The van der Waals surface area contributed by atoms with Gasteiger partial charge in [0.1, 0.15) is 7.11 Å². The molecular weight excluding hydrogens is 285 g/mol. The van der Waals surface area contributed by atoms with Crippen LogP contribution in [0.4, 0.5) is 13.2 Å². The van der Waals surface area contributed by atoms with Crippen molar-refractivity contribution in [2.45, 2.75) is 17.7 Å². The van der Waals surface area contributed by atoms with Gasteiger partial charge in [0.2, 0.25) is 0 Å². The summed E-state index contributed by atoms with van der Waals surface area (Å²) >= 11 is 2.59. The molecule has 1 rings (SSSR count). The summed E-state index contributed by atoms with van der Waals surface area (Å²) in [7, 11) is 1.43. The number of oxime groups is 1. The molecule has 0 aromatic carbocycles. The molecule has 1 heterocycles. The molecule has 0 amide bonds. The Hall–Kier alpha value is -1.02. The first-order chi connectivity index (χ1) is 8.54. The van der Waals surface area contributed by atoms with Crippen molar-refractivity contribution < 1.29 is 18.0 Å². The zero-order valence-electron chi connectivity index (χ0n) is 9.74. The average molecular weight is 296 g/mol. The van der Waals surface area contributed by atoms with Gasteiger partial charge in [0.05, 0.1) is 16.8 Å². The molecular formula is C10H11F3N2OS2. The standard InChI is InChI=1S/C10H11F3N2OS2/c1-6-8(5-14-16-2)18-10(15-6)17-4-3-7(11)9(12)13/h5H,3-4H2,1-2H3/b14-5+. The third-order valence-corrected chi connectivity index (χ3v) is 4.08. The van der Waals surface area contributed by atoms with Gasteiger partial charge in [0, 0.05) is 12.2 Å². The van der Waals surface area contributed by atoms with Crippen LogP contribution >= 0.6 is 23.1 Å². The van der Waals surface area contributed by atoms with Gasteiger partial charge in [-0.25, -0.2) is 9.37 Å². The fraction of sp³-hybridized carbons (Fsp3) is 0.400. The molecule has 0 fully saturated rings. The maximum atomic E-state index is 12.5. The summed E-state index contributed by atoms with van der Waals surface area (Å²) < 4.78 is 36.9. The number of hydrogen-bond acceptors (Lipinski definition) is 5. The fourth-order valence-electron chi connectivity index (χ4n) is 0.987. The normalized spacial score (nSPS) is 10.9. The third kappa shape index (κ3) is 4.69. The van der Waals surface area contributed by atoms with Crippen molar-refractivity contribution in [3.05, 3.63) is 22.5 Å². The molecule has 0 aliphatic rings. The SMILES string of the molecule is CO/N=C/c1sc(SCCC(F)=C(F)F)nc1C. The van der Waals surface area contributed by atoms with Crippen LogP contribution in [0.2, 0.25) is 0 Å². The van der Waals surface area contributed by atoms with E-state index in [2.05, 4.69) is 15.0 Å². The van der Waals surface area contributed by atoms with Crippen LogP contribution < -0.4 is 0 Å². The van der Waals surface area contributed by atoms with E-state index in [1.807, 2.05) is 0 Å². The lowest BCUT2D eigenvalue weighted by Gasteiger charge is -1.94. The molecule has 0 saturated heterocycles. The second-order valence-electron chi connectivity index (χ2n) is 3.11. The maximum absolute atomic E-state index is 12.5. The minimum absolute atomic E-state index is 0.219. The van der Waals surface area contributed by atoms with Crippen LogP contribution in [0.3, 0.4) is 0 Å². The van der Waals surface area contributed by atoms with Gasteiger partial charge in [0.15, 0.2) is 10.2 Å². The van der Waals surface area contributed by atoms with E-state index >= 15 is 0 Å². The molecule has 3 nitrogen and oxygen atoms in total. The molecule has 0 aliphatic carbocycles. The lowest BCUT2D eigenvalue weighted by atomic mass is 10.4. The lowest BCUT2D eigenvalue weighted by Crippen LogP contribution is -1.83. The highest BCUT2D eigenvalue weighted by atomic mass is 32.2. The topological polar surface area (TPSA) is 34.5 Å². The summed E-state index contributed by atoms with van der Waals surface area (Å²) in [5.74, 6) is -1.14. The molecule has 0 unspecified atom stereocenters. The Kier molecular flexibility index (Phi) is 6.20. The van der Waals surface area contributed by atoms with Crippen LogP contribution in [0.25, 0.3) is 0 Å². The number of aryl methyl sites for hydroxylation is 1. The average Bonchev–Trinajstić information content (AvgIpc) is 2.67. The number of hydrogen-bond donors (Lipinski definition) is 0. The Morgan fingerprint density at radius 1 is 1.50 bits per heavy atom. The molecule has 0 aliphatic heterocycles. The van der Waals surface area contributed by atoms with Crippen LogP contribution in [0.5, 0.6) is 0 Å². The van der Waals surface area contributed by atoms with E-state index in [1.54, 1.807) is 6.92 Å². The molecule has 1 aromatic heterocycles. The van der Waals surface area contributed by atoms with Gasteiger partial charge < -0.3 is 4.84 Å². The summed E-state index contributed by atoms with van der Waals surface area (Å²) in [4.78, 5) is 9.59. The number of allylic oxidation sites excluding steroid dienone is 1. The number of rotatable bonds is 6. The Morgan fingerprint density at radius 2 is 2.22 bits per heavy atom. The van der Waals surface area contributed by atoms with Gasteiger partial charge in [-0.15, -0.1) is 11.3 Å². The van der Waals surface area contributed by atoms with Gasteiger partial charge >= 0.3 is 6.08 Å². The minimum atomic E-state index is -2.25. The van der Waals surface area contributed by atoms with Crippen LogP contribution in [-0.2, 0) is 4.84 Å². The van der Waals surface area contributed by atoms with Gasteiger partial charge in [-0.05, 0) is 6.92 Å². The van der Waals surface area contributed by atoms with E-state index in [1.165, 1.54) is 36.4 Å². The monoisotopic (exact) mass is 296 g/mol. The predicted molar refractivity (Wildman–Crippen MR) is 67.1 cm³/mol. The number of thioether (sulfide) groups is 1. The summed E-state index contributed by atoms with van der Waals surface area (Å²) in [5, 5.41) is 3.62. The number of aromatic nitrogens is 1. The Bertz CT molecular complexity index is 456. The molecule has 100 valence electrons. The third-order valence-electron chi connectivity index (χ3n) is 1.84. The van der Waals surface area contributed by atoms with E-state index in [0.717, 1.165) is 10.6 Å². The summed E-state index contributed by atoms with van der Waals surface area (Å²) in [6, 6.07) is 0. The van der Waals surface area contributed by atoms with Crippen LogP contribution in [0, 0.1) is 6.92 Å². The first-order valence-corrected chi connectivity index (χ1v) is 6.71. The van der Waals surface area contributed by atoms with E-state index < -0.39 is 11.9 Å². The highest BCUT2D eigenvalue weighted by Gasteiger charge is 2.09. The van der Waals surface area contributed by atoms with Crippen molar-refractivity contribution >= 4 is 29.3 Å². The van der Waals surface area contributed by atoms with E-state index in [4.69, 9.17) is 0 Å². The molecule has 0 spiro atoms. The fourth-order valence-corrected chi connectivity index (χ4v) is 3.06. The molecule has 0 radical (unpaired) electrons. The molecule has 8 heteroatoms. The zero-order valence-corrected chi connectivity index (χ0v) is 11.4. The largest absolute Gasteiger partial charge is 0.399 e. The lowest BCUT2D eigenvalue weighted by molar-refractivity contribution is 0.215. The van der Waals surface area contributed by atoms with Crippen molar-refractivity contribution in [1.29, 1.82) is 0 Å². The van der Waals surface area contributed by atoms with Crippen molar-refractivity contribution in [2.75, 3.05) is 12.9 Å². The zero-order chi connectivity index (χ0) is 13.5. The quantitative estimate of drug-likeness (QED) is 0.452. The Balaban J connectivity index is 2.54. The molecule has 1 aromatic rings. The summed E-state index contributed by atoms with van der Waals surface area (Å²) in [6.45, 7) is 1.80. The second kappa shape index (κ2) is 7.42. The maximum Gasteiger partial charge on any atom is 0.301 e. The molecule has 0 saturated carbocycles. The predicted octanol–water partition coefficient (Wildman–Crippen LogP) is 3.99. The van der Waals surface area contributed by atoms with Gasteiger partial charge in [-0.1, -0.05) is 16.9 Å². The first kappa shape index (κ1) is 15.0. The Labute approximate surface area is 111 Å². The molecule has 0 N–H and O–H groups in total. The van der Waals surface area contributed by atoms with Crippen molar-refractivity contribution in [3.8, 4) is 0 Å². The number of halogens is 3. The second-order valence-corrected chi connectivity index (χ2v) is 5.48. The summed E-state index contributed by atoms with van der Waals surface area (Å²) in [5.41, 5.74) is 0.774. The van der Waals surface area contributed by atoms with Crippen LogP contribution in [0.15, 0.2) is 21.4 Å². The smallest absolute Gasteiger partial charge is 0.301 e. The minimum Gasteiger partial charge on any atom is -0.399 e. The first-order valence-electron chi connectivity index (χ1n) is 4.91. The number of nitrogens with zero attached hydrogens (tertiary/aromatic N) is 2. The number of thiazole rings is 1. The van der Waals surface area contributed by atoms with Crippen molar-refractivity contribution in [2.24, 2.45) is 5.16 Å². The van der Waals surface area contributed by atoms with Crippen LogP contribution in [-0.4, -0.2) is 24.1 Å². The van der Waals surface area contributed by atoms with E-state index in [0.29, 0.717) is 4.34 Å². The summed E-state index contributed by atoms with van der Waals surface area (Å²) in [6.07, 6.45) is -1.02. The molecule has 18 heavy (non-hydrogen) atoms. The molecule has 0 bridgehead atoms. The van der Waals surface area contributed by atoms with Crippen LogP contribution in [0.1, 0.15) is 17.0 Å². The van der Waals surface area contributed by atoms with Crippen molar-refractivity contribution in [3.63, 3.8) is 0 Å². The van der Waals surface area contributed by atoms with E-state index in [9.17, 15) is 13.2 Å². The van der Waals surface area contributed by atoms with E-state index in [-0.39, 0.29) is 12.2 Å².